The number of fused-ring (bicyclic) bond motifs is 1. The standard InChI is InChI=1S/C23H25BrClN4O/c1-16-19(25)6-5-7-20(16)26-14-22-27-29(23-8-3-2-4-13-28(22)23)15-21(30)17-9-11-18(24)12-10-17/h5-7,9-12,26H,2-4,8,13-15H2,1H3/q+1. The molecule has 0 bridgehead atoms. The summed E-state index contributed by atoms with van der Waals surface area (Å²) in [4.78, 5) is 12.9. The van der Waals surface area contributed by atoms with Crippen LogP contribution in [-0.2, 0) is 26.1 Å². The molecule has 0 amide bonds. The molecule has 1 aliphatic rings. The summed E-state index contributed by atoms with van der Waals surface area (Å²) < 4.78 is 5.15. The number of halogens is 2. The van der Waals surface area contributed by atoms with E-state index in [0.717, 1.165) is 58.2 Å². The summed E-state index contributed by atoms with van der Waals surface area (Å²) in [6.45, 7) is 3.79. The van der Waals surface area contributed by atoms with Gasteiger partial charge in [-0.15, -0.1) is 4.68 Å². The van der Waals surface area contributed by atoms with Crippen molar-refractivity contribution in [1.29, 1.82) is 0 Å². The lowest BCUT2D eigenvalue weighted by Gasteiger charge is -2.09. The van der Waals surface area contributed by atoms with Crippen LogP contribution < -0.4 is 9.88 Å². The summed E-state index contributed by atoms with van der Waals surface area (Å²) in [6.07, 6.45) is 4.39. The monoisotopic (exact) mass is 487 g/mol. The molecule has 1 N–H and O–H groups in total. The molecule has 156 valence electrons. The molecule has 1 aliphatic heterocycles. The SMILES string of the molecule is Cc1c(Cl)cccc1NCc1nn(CC(=O)c2ccc(Br)cc2)c2[n+]1CCCCC2. The minimum Gasteiger partial charge on any atom is -0.375 e. The average molecular weight is 489 g/mol. The lowest BCUT2D eigenvalue weighted by molar-refractivity contribution is -0.710. The van der Waals surface area contributed by atoms with Crippen molar-refractivity contribution in [3.63, 3.8) is 0 Å². The Hall–Kier alpha value is -2.18. The minimum absolute atomic E-state index is 0.0721. The summed E-state index contributed by atoms with van der Waals surface area (Å²) in [5.74, 6) is 2.16. The summed E-state index contributed by atoms with van der Waals surface area (Å²) in [5.41, 5.74) is 2.74. The molecule has 4 rings (SSSR count). The number of anilines is 1. The topological polar surface area (TPSA) is 50.8 Å². The lowest BCUT2D eigenvalue weighted by atomic mass is 10.1. The first-order valence-electron chi connectivity index (χ1n) is 10.3. The zero-order valence-corrected chi connectivity index (χ0v) is 19.3. The highest BCUT2D eigenvalue weighted by atomic mass is 79.9. The van der Waals surface area contributed by atoms with Crippen LogP contribution in [0.3, 0.4) is 0 Å². The zero-order chi connectivity index (χ0) is 21.1. The number of carbonyl (C=O) groups excluding carboxylic acids is 1. The summed E-state index contributed by atoms with van der Waals surface area (Å²) in [5, 5.41) is 9.06. The van der Waals surface area contributed by atoms with Crippen LogP contribution in [0.25, 0.3) is 0 Å². The van der Waals surface area contributed by atoms with Crippen LogP contribution in [0.4, 0.5) is 5.69 Å². The van der Waals surface area contributed by atoms with E-state index in [1.54, 1.807) is 0 Å². The molecule has 30 heavy (non-hydrogen) atoms. The van der Waals surface area contributed by atoms with E-state index in [-0.39, 0.29) is 12.3 Å². The summed E-state index contributed by atoms with van der Waals surface area (Å²) >= 11 is 9.68. The number of ketones is 1. The van der Waals surface area contributed by atoms with Gasteiger partial charge in [0.15, 0.2) is 12.3 Å². The predicted molar refractivity (Wildman–Crippen MR) is 122 cm³/mol. The van der Waals surface area contributed by atoms with Gasteiger partial charge in [-0.3, -0.25) is 4.79 Å². The Morgan fingerprint density at radius 2 is 2.00 bits per heavy atom. The Labute approximate surface area is 190 Å². The highest BCUT2D eigenvalue weighted by Gasteiger charge is 2.28. The molecule has 3 aromatic rings. The molecular weight excluding hydrogens is 464 g/mol. The molecule has 0 unspecified atom stereocenters. The van der Waals surface area contributed by atoms with Gasteiger partial charge in [-0.2, -0.15) is 0 Å². The fourth-order valence-corrected chi connectivity index (χ4v) is 4.32. The van der Waals surface area contributed by atoms with Crippen molar-refractivity contribution in [2.45, 2.75) is 52.2 Å². The smallest absolute Gasteiger partial charge is 0.296 e. The molecule has 0 spiro atoms. The van der Waals surface area contributed by atoms with E-state index in [1.807, 2.05) is 54.1 Å². The van der Waals surface area contributed by atoms with E-state index in [1.165, 1.54) is 6.42 Å². The van der Waals surface area contributed by atoms with E-state index >= 15 is 0 Å². The van der Waals surface area contributed by atoms with Crippen LogP contribution in [0.5, 0.6) is 0 Å². The Morgan fingerprint density at radius 1 is 1.20 bits per heavy atom. The van der Waals surface area contributed by atoms with E-state index in [0.29, 0.717) is 12.1 Å². The number of aromatic nitrogens is 3. The van der Waals surface area contributed by atoms with Crippen LogP contribution in [0.15, 0.2) is 46.9 Å². The number of nitrogens with one attached hydrogen (secondary N) is 1. The molecule has 7 heteroatoms. The Balaban J connectivity index is 1.58. The highest BCUT2D eigenvalue weighted by Crippen LogP contribution is 2.23. The van der Waals surface area contributed by atoms with Gasteiger partial charge >= 0.3 is 0 Å². The van der Waals surface area contributed by atoms with Gasteiger partial charge in [0.05, 0.1) is 6.54 Å². The van der Waals surface area contributed by atoms with Crippen LogP contribution in [-0.4, -0.2) is 15.6 Å². The molecule has 0 saturated heterocycles. The lowest BCUT2D eigenvalue weighted by Crippen LogP contribution is -2.41. The first-order valence-corrected chi connectivity index (χ1v) is 11.5. The van der Waals surface area contributed by atoms with Crippen molar-refractivity contribution in [2.24, 2.45) is 0 Å². The third-order valence-electron chi connectivity index (χ3n) is 5.60. The Bertz CT molecular complexity index is 1060. The van der Waals surface area contributed by atoms with Gasteiger partial charge in [0.2, 0.25) is 5.82 Å². The number of benzene rings is 2. The first-order chi connectivity index (χ1) is 14.5. The van der Waals surface area contributed by atoms with E-state index < -0.39 is 0 Å². The quantitative estimate of drug-likeness (QED) is 0.387. The van der Waals surface area contributed by atoms with E-state index in [2.05, 4.69) is 25.8 Å². The van der Waals surface area contributed by atoms with Gasteiger partial charge in [-0.05, 0) is 56.0 Å². The fraction of sp³-hybridized carbons (Fsp3) is 0.348. The van der Waals surface area contributed by atoms with Crippen molar-refractivity contribution >= 4 is 39.0 Å². The Morgan fingerprint density at radius 3 is 2.80 bits per heavy atom. The maximum atomic E-state index is 12.9. The molecule has 0 aliphatic carbocycles. The molecule has 0 radical (unpaired) electrons. The van der Waals surface area contributed by atoms with Crippen LogP contribution in [0.1, 0.15) is 46.8 Å². The average Bonchev–Trinajstić information content (AvgIpc) is 2.90. The number of Topliss-reactive ketones (excluding diaryl/α,β-unsaturated/α-hetero) is 1. The largest absolute Gasteiger partial charge is 0.375 e. The van der Waals surface area contributed by atoms with E-state index in [9.17, 15) is 4.79 Å². The number of hydrogen-bond donors (Lipinski definition) is 1. The van der Waals surface area contributed by atoms with Crippen LogP contribution >= 0.6 is 27.5 Å². The van der Waals surface area contributed by atoms with Crippen LogP contribution in [0, 0.1) is 6.92 Å². The summed E-state index contributed by atoms with van der Waals surface area (Å²) in [7, 11) is 0. The van der Waals surface area contributed by atoms with Crippen molar-refractivity contribution in [3.05, 3.63) is 74.7 Å². The molecule has 2 heterocycles. The molecule has 0 fully saturated rings. The molecule has 5 nitrogen and oxygen atoms in total. The second kappa shape index (κ2) is 9.31. The minimum atomic E-state index is 0.0721. The van der Waals surface area contributed by atoms with E-state index in [4.69, 9.17) is 16.7 Å². The van der Waals surface area contributed by atoms with Crippen LogP contribution in [0.2, 0.25) is 5.02 Å². The Kier molecular flexibility index (Phi) is 6.54. The van der Waals surface area contributed by atoms with Gasteiger partial charge in [0.1, 0.15) is 6.54 Å². The van der Waals surface area contributed by atoms with Crippen molar-refractivity contribution < 1.29 is 9.36 Å². The second-order valence-corrected chi connectivity index (χ2v) is 8.97. The predicted octanol–water partition coefficient (Wildman–Crippen LogP) is 5.12. The zero-order valence-electron chi connectivity index (χ0n) is 17.0. The normalized spacial score (nSPS) is 13.6. The molecule has 1 aromatic heterocycles. The van der Waals surface area contributed by atoms with Gasteiger partial charge in [-0.1, -0.05) is 45.7 Å². The van der Waals surface area contributed by atoms with Gasteiger partial charge in [-0.25, -0.2) is 4.57 Å². The van der Waals surface area contributed by atoms with Gasteiger partial charge < -0.3 is 5.32 Å². The number of rotatable bonds is 6. The first kappa shape index (κ1) is 21.1. The molecule has 2 aromatic carbocycles. The number of nitrogens with zero attached hydrogens (tertiary/aromatic N) is 3. The molecule has 0 atom stereocenters. The second-order valence-electron chi connectivity index (χ2n) is 7.65. The van der Waals surface area contributed by atoms with Gasteiger partial charge in [0, 0.05) is 32.3 Å². The molecular formula is C23H25BrClN4O+. The van der Waals surface area contributed by atoms with Gasteiger partial charge in [0.25, 0.3) is 5.82 Å². The van der Waals surface area contributed by atoms with Crippen molar-refractivity contribution in [3.8, 4) is 0 Å². The maximum Gasteiger partial charge on any atom is 0.296 e. The maximum absolute atomic E-state index is 12.9. The third kappa shape index (κ3) is 4.60. The van der Waals surface area contributed by atoms with Crippen molar-refractivity contribution in [2.75, 3.05) is 5.32 Å². The summed E-state index contributed by atoms with van der Waals surface area (Å²) in [6, 6.07) is 13.4. The number of hydrogen-bond acceptors (Lipinski definition) is 3. The van der Waals surface area contributed by atoms with Crippen molar-refractivity contribution in [1.82, 2.24) is 9.78 Å². The highest BCUT2D eigenvalue weighted by molar-refractivity contribution is 9.10. The number of carbonyl (C=O) groups is 1. The molecule has 0 saturated carbocycles. The fourth-order valence-electron chi connectivity index (χ4n) is 3.89. The third-order valence-corrected chi connectivity index (χ3v) is 6.54.